The Bertz CT molecular complexity index is 696. The summed E-state index contributed by atoms with van der Waals surface area (Å²) in [5, 5.41) is 16.3. The summed E-state index contributed by atoms with van der Waals surface area (Å²) in [7, 11) is 0. The monoisotopic (exact) mass is 253 g/mol. The maximum absolute atomic E-state index is 9.33. The van der Waals surface area contributed by atoms with Crippen LogP contribution in [0.2, 0.25) is 0 Å². The minimum absolute atomic E-state index is 0.100. The van der Waals surface area contributed by atoms with E-state index in [1.807, 2.05) is 19.1 Å². The number of aromatic amines is 1. The van der Waals surface area contributed by atoms with Crippen LogP contribution in [0.3, 0.4) is 0 Å². The molecular formula is C13H11N5O. The van der Waals surface area contributed by atoms with Gasteiger partial charge in [0, 0.05) is 23.7 Å². The lowest BCUT2D eigenvalue weighted by atomic mass is 9.85. The number of nitrogens with two attached hydrogens (primary N) is 1. The van der Waals surface area contributed by atoms with Crippen LogP contribution in [0.5, 0.6) is 5.88 Å². The number of hydrogen-bond donors (Lipinski definition) is 2. The van der Waals surface area contributed by atoms with Crippen molar-refractivity contribution in [2.24, 2.45) is 5.73 Å². The van der Waals surface area contributed by atoms with Crippen molar-refractivity contribution in [2.45, 2.75) is 12.8 Å². The first-order valence-electron chi connectivity index (χ1n) is 5.74. The fraction of sp³-hybridized carbons (Fsp3) is 0.154. The molecule has 6 heteroatoms. The predicted molar refractivity (Wildman–Crippen MR) is 66.9 cm³/mol. The summed E-state index contributed by atoms with van der Waals surface area (Å²) in [6.07, 6.45) is 3.37. The van der Waals surface area contributed by atoms with E-state index in [0.29, 0.717) is 11.5 Å². The maximum Gasteiger partial charge on any atom is 0.244 e. The molecule has 0 saturated carbocycles. The van der Waals surface area contributed by atoms with E-state index in [9.17, 15) is 5.26 Å². The first-order valence-corrected chi connectivity index (χ1v) is 5.74. The van der Waals surface area contributed by atoms with Gasteiger partial charge in [-0.3, -0.25) is 10.1 Å². The van der Waals surface area contributed by atoms with Gasteiger partial charge in [0.2, 0.25) is 11.8 Å². The van der Waals surface area contributed by atoms with Crippen molar-refractivity contribution >= 4 is 0 Å². The van der Waals surface area contributed by atoms with Gasteiger partial charge in [0.05, 0.1) is 5.92 Å². The summed E-state index contributed by atoms with van der Waals surface area (Å²) in [4.78, 5) is 3.99. The molecular weight excluding hydrogens is 242 g/mol. The van der Waals surface area contributed by atoms with Crippen molar-refractivity contribution < 1.29 is 4.74 Å². The van der Waals surface area contributed by atoms with E-state index < -0.39 is 0 Å². The summed E-state index contributed by atoms with van der Waals surface area (Å²) < 4.78 is 5.38. The molecule has 2 aromatic rings. The average Bonchev–Trinajstić information content (AvgIpc) is 2.79. The molecule has 1 aliphatic rings. The number of fused-ring (bicyclic) bond motifs is 1. The fourth-order valence-electron chi connectivity index (χ4n) is 2.29. The standard InChI is InChI=1S/C13H11N5O/c1-7-10-11(8-2-4-16-5-3-8)9(6-14)12(15)19-13(10)18-17-7/h2-5,11H,15H2,1H3,(H,17,18). The number of allylic oxidation sites excluding steroid dienone is 1. The second-order valence-corrected chi connectivity index (χ2v) is 4.27. The molecule has 0 aromatic carbocycles. The Labute approximate surface area is 109 Å². The number of nitrogens with one attached hydrogen (secondary N) is 1. The predicted octanol–water partition coefficient (Wildman–Crippen LogP) is 1.33. The molecule has 6 nitrogen and oxygen atoms in total. The molecule has 3 rings (SSSR count). The lowest BCUT2D eigenvalue weighted by Gasteiger charge is -2.23. The van der Waals surface area contributed by atoms with Gasteiger partial charge in [0.1, 0.15) is 11.6 Å². The first-order chi connectivity index (χ1) is 9.22. The molecule has 19 heavy (non-hydrogen) atoms. The van der Waals surface area contributed by atoms with Crippen molar-refractivity contribution in [3.63, 3.8) is 0 Å². The molecule has 0 radical (unpaired) electrons. The minimum atomic E-state index is -0.268. The molecule has 0 fully saturated rings. The summed E-state index contributed by atoms with van der Waals surface area (Å²) in [6.45, 7) is 1.89. The number of rotatable bonds is 1. The van der Waals surface area contributed by atoms with Crippen LogP contribution in [-0.2, 0) is 0 Å². The van der Waals surface area contributed by atoms with Crippen LogP contribution < -0.4 is 10.5 Å². The van der Waals surface area contributed by atoms with Gasteiger partial charge >= 0.3 is 0 Å². The molecule has 0 bridgehead atoms. The molecule has 0 amide bonds. The summed E-state index contributed by atoms with van der Waals surface area (Å²) >= 11 is 0. The van der Waals surface area contributed by atoms with Crippen molar-refractivity contribution in [3.8, 4) is 11.9 Å². The Balaban J connectivity index is 2.25. The molecule has 94 valence electrons. The molecule has 2 aromatic heterocycles. The van der Waals surface area contributed by atoms with Gasteiger partial charge in [-0.15, -0.1) is 5.10 Å². The number of aryl methyl sites for hydroxylation is 1. The third kappa shape index (κ3) is 1.64. The number of nitriles is 1. The average molecular weight is 253 g/mol. The van der Waals surface area contributed by atoms with Crippen LogP contribution in [0.4, 0.5) is 0 Å². The molecule has 1 atom stereocenters. The zero-order valence-corrected chi connectivity index (χ0v) is 10.2. The number of nitrogens with zero attached hydrogens (tertiary/aromatic N) is 3. The smallest absolute Gasteiger partial charge is 0.244 e. The highest BCUT2D eigenvalue weighted by molar-refractivity contribution is 5.54. The third-order valence-corrected chi connectivity index (χ3v) is 3.17. The van der Waals surface area contributed by atoms with E-state index >= 15 is 0 Å². The highest BCUT2D eigenvalue weighted by Crippen LogP contribution is 2.42. The van der Waals surface area contributed by atoms with Gasteiger partial charge < -0.3 is 10.5 Å². The van der Waals surface area contributed by atoms with Crippen LogP contribution in [-0.4, -0.2) is 15.2 Å². The normalized spacial score (nSPS) is 17.6. The van der Waals surface area contributed by atoms with Crippen LogP contribution >= 0.6 is 0 Å². The van der Waals surface area contributed by atoms with Gasteiger partial charge in [-0.2, -0.15) is 5.26 Å². The highest BCUT2D eigenvalue weighted by atomic mass is 16.5. The van der Waals surface area contributed by atoms with Gasteiger partial charge in [-0.1, -0.05) is 0 Å². The van der Waals surface area contributed by atoms with Crippen LogP contribution in [0.1, 0.15) is 22.7 Å². The molecule has 1 aliphatic heterocycles. The number of aromatic nitrogens is 3. The van der Waals surface area contributed by atoms with Crippen molar-refractivity contribution in [1.29, 1.82) is 5.26 Å². The Morgan fingerprint density at radius 1 is 1.42 bits per heavy atom. The van der Waals surface area contributed by atoms with Crippen LogP contribution in [0.15, 0.2) is 36.0 Å². The lowest BCUT2D eigenvalue weighted by Crippen LogP contribution is -2.21. The van der Waals surface area contributed by atoms with Gasteiger partial charge in [-0.25, -0.2) is 0 Å². The molecule has 3 heterocycles. The molecule has 3 N–H and O–H groups in total. The molecule has 0 saturated heterocycles. The third-order valence-electron chi connectivity index (χ3n) is 3.17. The summed E-state index contributed by atoms with van der Waals surface area (Å²) in [5.74, 6) is 0.259. The van der Waals surface area contributed by atoms with Crippen LogP contribution in [0.25, 0.3) is 0 Å². The van der Waals surface area contributed by atoms with Crippen molar-refractivity contribution in [1.82, 2.24) is 15.2 Å². The Hall–Kier alpha value is -2.81. The van der Waals surface area contributed by atoms with Gasteiger partial charge in [0.25, 0.3) is 0 Å². The maximum atomic E-state index is 9.33. The van der Waals surface area contributed by atoms with Gasteiger partial charge in [0.15, 0.2) is 0 Å². The first kappa shape index (κ1) is 11.3. The summed E-state index contributed by atoms with van der Waals surface area (Å²) in [6, 6.07) is 5.84. The largest absolute Gasteiger partial charge is 0.420 e. The molecule has 0 aliphatic carbocycles. The second kappa shape index (κ2) is 4.14. The minimum Gasteiger partial charge on any atom is -0.420 e. The molecule has 0 spiro atoms. The zero-order valence-electron chi connectivity index (χ0n) is 10.2. The highest BCUT2D eigenvalue weighted by Gasteiger charge is 2.33. The van der Waals surface area contributed by atoms with E-state index in [4.69, 9.17) is 10.5 Å². The quantitative estimate of drug-likeness (QED) is 0.798. The van der Waals surface area contributed by atoms with E-state index in [0.717, 1.165) is 16.8 Å². The lowest BCUT2D eigenvalue weighted by molar-refractivity contribution is 0.379. The topological polar surface area (TPSA) is 101 Å². The number of ether oxygens (including phenoxy) is 1. The zero-order chi connectivity index (χ0) is 13.4. The Morgan fingerprint density at radius 2 is 2.16 bits per heavy atom. The second-order valence-electron chi connectivity index (χ2n) is 4.27. The Morgan fingerprint density at radius 3 is 2.84 bits per heavy atom. The fourth-order valence-corrected chi connectivity index (χ4v) is 2.29. The Kier molecular flexibility index (Phi) is 2.46. The number of hydrogen-bond acceptors (Lipinski definition) is 5. The van der Waals surface area contributed by atoms with Crippen LogP contribution in [0, 0.1) is 18.3 Å². The van der Waals surface area contributed by atoms with E-state index in [2.05, 4.69) is 21.3 Å². The number of pyridine rings is 1. The van der Waals surface area contributed by atoms with Gasteiger partial charge in [-0.05, 0) is 24.6 Å². The van der Waals surface area contributed by atoms with Crippen molar-refractivity contribution in [2.75, 3.05) is 0 Å². The molecule has 1 unspecified atom stereocenters. The number of H-pyrrole nitrogens is 1. The SMILES string of the molecule is Cc1[nH]nc2c1C(c1ccncc1)C(C#N)=C(N)O2. The van der Waals surface area contributed by atoms with Crippen molar-refractivity contribution in [3.05, 3.63) is 52.8 Å². The van der Waals surface area contributed by atoms with E-state index in [1.165, 1.54) is 0 Å². The van der Waals surface area contributed by atoms with E-state index in [1.54, 1.807) is 12.4 Å². The summed E-state index contributed by atoms with van der Waals surface area (Å²) in [5.41, 5.74) is 8.84. The van der Waals surface area contributed by atoms with E-state index in [-0.39, 0.29) is 11.8 Å².